The molecule has 42 heavy (non-hydrogen) atoms. The summed E-state index contributed by atoms with van der Waals surface area (Å²) in [5.74, 6) is 6.88. The molecule has 0 unspecified atom stereocenters. The minimum atomic E-state index is -1.69. The van der Waals surface area contributed by atoms with E-state index in [-0.39, 0.29) is 23.4 Å². The number of esters is 1. The molecule has 1 saturated carbocycles. The maximum atomic E-state index is 11.8. The van der Waals surface area contributed by atoms with E-state index in [1.54, 1.807) is 6.20 Å². The molecule has 222 valence electrons. The molecular formula is C37H47NO3Si. The molecule has 1 aliphatic rings. The first-order valence-electron chi connectivity index (χ1n) is 15.4. The van der Waals surface area contributed by atoms with Crippen LogP contribution in [0.5, 0.6) is 0 Å². The van der Waals surface area contributed by atoms with Crippen molar-refractivity contribution in [3.05, 3.63) is 88.2 Å². The van der Waals surface area contributed by atoms with Gasteiger partial charge in [0.1, 0.15) is 5.60 Å². The first-order valence-corrected chi connectivity index (χ1v) is 18.8. The minimum absolute atomic E-state index is 0.0986. The van der Waals surface area contributed by atoms with Crippen LogP contribution in [0.25, 0.3) is 11.1 Å². The average molecular weight is 582 g/mol. The number of ether oxygens (including phenoxy) is 1. The number of benzene rings is 2. The highest BCUT2D eigenvalue weighted by Crippen LogP contribution is 2.41. The number of pyridine rings is 1. The lowest BCUT2D eigenvalue weighted by Crippen LogP contribution is -2.39. The van der Waals surface area contributed by atoms with Crippen molar-refractivity contribution in [1.82, 2.24) is 4.98 Å². The molecule has 5 heteroatoms. The Balaban J connectivity index is 1.66. The van der Waals surface area contributed by atoms with E-state index in [4.69, 9.17) is 9.16 Å². The number of carbonyl (C=O) groups excluding carboxylic acids is 1. The smallest absolute Gasteiger partial charge is 0.310 e. The Kier molecular flexibility index (Phi) is 9.80. The van der Waals surface area contributed by atoms with Gasteiger partial charge in [-0.2, -0.15) is 0 Å². The van der Waals surface area contributed by atoms with Crippen LogP contribution >= 0.6 is 0 Å². The Bertz CT molecular complexity index is 1480. The normalized spacial score (nSPS) is 14.8. The zero-order valence-corrected chi connectivity index (χ0v) is 27.8. The van der Waals surface area contributed by atoms with E-state index in [1.807, 2.05) is 12.3 Å². The van der Waals surface area contributed by atoms with Gasteiger partial charge in [-0.3, -0.25) is 9.78 Å². The van der Waals surface area contributed by atoms with Crippen LogP contribution in [0.1, 0.15) is 85.8 Å². The third-order valence-electron chi connectivity index (χ3n) is 8.78. The summed E-state index contributed by atoms with van der Waals surface area (Å²) < 4.78 is 11.5. The van der Waals surface area contributed by atoms with Crippen molar-refractivity contribution in [1.29, 1.82) is 0 Å². The van der Waals surface area contributed by atoms with Crippen molar-refractivity contribution in [2.75, 3.05) is 7.11 Å². The fourth-order valence-electron chi connectivity index (χ4n) is 6.56. The number of aryl methyl sites for hydroxylation is 2. The number of carbonyl (C=O) groups is 1. The highest BCUT2D eigenvalue weighted by molar-refractivity contribution is 6.69. The van der Waals surface area contributed by atoms with Gasteiger partial charge < -0.3 is 9.16 Å². The summed E-state index contributed by atoms with van der Waals surface area (Å²) in [6.45, 7) is 15.7. The molecule has 0 amide bonds. The highest BCUT2D eigenvalue weighted by atomic mass is 28.4. The van der Waals surface area contributed by atoms with Crippen LogP contribution in [-0.2, 0) is 25.8 Å². The summed E-state index contributed by atoms with van der Waals surface area (Å²) in [6, 6.07) is 15.7. The maximum absolute atomic E-state index is 11.8. The van der Waals surface area contributed by atoms with Crippen LogP contribution in [0, 0.1) is 25.7 Å². The molecule has 2 aromatic carbocycles. The van der Waals surface area contributed by atoms with Gasteiger partial charge in [0.15, 0.2) is 8.32 Å². The molecular weight excluding hydrogens is 534 g/mol. The molecule has 0 bridgehead atoms. The van der Waals surface area contributed by atoms with E-state index in [0.717, 1.165) is 47.9 Å². The number of rotatable bonds is 9. The van der Waals surface area contributed by atoms with Crippen LogP contribution in [0.3, 0.4) is 0 Å². The molecule has 0 radical (unpaired) electrons. The zero-order chi connectivity index (χ0) is 30.5. The summed E-state index contributed by atoms with van der Waals surface area (Å²) in [5, 5.41) is 0. The molecule has 0 N–H and O–H groups in total. The van der Waals surface area contributed by atoms with Gasteiger partial charge in [0.05, 0.1) is 13.5 Å². The Morgan fingerprint density at radius 2 is 1.60 bits per heavy atom. The van der Waals surface area contributed by atoms with Crippen molar-refractivity contribution < 1.29 is 14.0 Å². The predicted molar refractivity (Wildman–Crippen MR) is 175 cm³/mol. The van der Waals surface area contributed by atoms with E-state index in [2.05, 4.69) is 101 Å². The van der Waals surface area contributed by atoms with Crippen molar-refractivity contribution in [2.45, 2.75) is 103 Å². The van der Waals surface area contributed by atoms with Crippen molar-refractivity contribution in [2.24, 2.45) is 0 Å². The highest BCUT2D eigenvalue weighted by Gasteiger charge is 2.37. The fourth-order valence-corrected chi connectivity index (χ4v) is 7.98. The van der Waals surface area contributed by atoms with Gasteiger partial charge >= 0.3 is 5.97 Å². The topological polar surface area (TPSA) is 48.4 Å². The quantitative estimate of drug-likeness (QED) is 0.144. The zero-order valence-electron chi connectivity index (χ0n) is 26.8. The second-order valence-corrected chi connectivity index (χ2v) is 17.3. The summed E-state index contributed by atoms with van der Waals surface area (Å²) in [7, 11) is -0.283. The number of hydrogen-bond donors (Lipinski definition) is 0. The molecule has 4 rings (SSSR count). The molecule has 0 saturated heterocycles. The van der Waals surface area contributed by atoms with Crippen LogP contribution in [0.2, 0.25) is 19.6 Å². The second-order valence-electron chi connectivity index (χ2n) is 12.8. The average Bonchev–Trinajstić information content (AvgIpc) is 3.40. The lowest BCUT2D eigenvalue weighted by molar-refractivity contribution is -0.139. The monoisotopic (exact) mass is 581 g/mol. The molecule has 0 spiro atoms. The molecule has 0 atom stereocenters. The van der Waals surface area contributed by atoms with Crippen LogP contribution in [-0.4, -0.2) is 32.0 Å². The number of methoxy groups -OCH3 is 1. The molecule has 1 fully saturated rings. The Morgan fingerprint density at radius 3 is 2.17 bits per heavy atom. The van der Waals surface area contributed by atoms with Gasteiger partial charge in [-0.05, 0) is 118 Å². The van der Waals surface area contributed by atoms with Crippen LogP contribution < -0.4 is 0 Å². The number of hydrogen-bond acceptors (Lipinski definition) is 4. The maximum Gasteiger partial charge on any atom is 0.310 e. The third kappa shape index (κ3) is 7.05. The Labute approximate surface area is 254 Å². The van der Waals surface area contributed by atoms with Crippen molar-refractivity contribution >= 4 is 14.3 Å². The van der Waals surface area contributed by atoms with Gasteiger partial charge in [0.2, 0.25) is 0 Å². The summed E-state index contributed by atoms with van der Waals surface area (Å²) in [4.78, 5) is 16.2. The predicted octanol–water partition coefficient (Wildman–Crippen LogP) is 8.70. The molecule has 4 nitrogen and oxygen atoms in total. The Morgan fingerprint density at radius 1 is 0.952 bits per heavy atom. The lowest BCUT2D eigenvalue weighted by atomic mass is 9.69. The van der Waals surface area contributed by atoms with Gasteiger partial charge in [-0.25, -0.2) is 0 Å². The van der Waals surface area contributed by atoms with Gasteiger partial charge in [-0.1, -0.05) is 56.0 Å². The van der Waals surface area contributed by atoms with Crippen LogP contribution in [0.4, 0.5) is 0 Å². The first kappa shape index (κ1) is 31.7. The van der Waals surface area contributed by atoms with E-state index in [1.165, 1.54) is 42.2 Å². The van der Waals surface area contributed by atoms with E-state index >= 15 is 0 Å². The molecule has 0 aliphatic heterocycles. The van der Waals surface area contributed by atoms with Crippen molar-refractivity contribution in [3.63, 3.8) is 0 Å². The molecule has 1 heterocycles. The van der Waals surface area contributed by atoms with Gasteiger partial charge in [0.25, 0.3) is 0 Å². The molecule has 3 aromatic rings. The SMILES string of the molecule is CCC(CC)(c1ccc(C#CC2(O[Si](C)(C)C)CCCC2)c(C)c1)c1ccc(-c2cncc(CC(=O)OC)c2)c(C)c1. The second kappa shape index (κ2) is 13.0. The van der Waals surface area contributed by atoms with Crippen molar-refractivity contribution in [3.8, 4) is 23.0 Å². The Hall–Kier alpha value is -3.20. The third-order valence-corrected chi connectivity index (χ3v) is 9.79. The summed E-state index contributed by atoms with van der Waals surface area (Å²) >= 11 is 0. The summed E-state index contributed by atoms with van der Waals surface area (Å²) in [6.07, 6.45) is 10.3. The van der Waals surface area contributed by atoms with Crippen LogP contribution in [0.15, 0.2) is 54.9 Å². The first-order chi connectivity index (χ1) is 19.9. The van der Waals surface area contributed by atoms with Gasteiger partial charge in [-0.15, -0.1) is 0 Å². The standard InChI is InChI=1S/C37H47NO3Si/c1-9-37(10-2,33-15-16-34(28(4)22-33)31-23-29(25-38-26-31)24-35(39)40-5)32-14-13-30(27(3)21-32)17-20-36(18-11-12-19-36)41-42(6,7)8/h13-16,21-23,25-26H,9-12,18-19,24H2,1-8H3. The van der Waals surface area contributed by atoms with E-state index in [9.17, 15) is 4.79 Å². The lowest BCUT2D eigenvalue weighted by Gasteiger charge is -2.34. The largest absolute Gasteiger partial charge is 0.469 e. The van der Waals surface area contributed by atoms with E-state index in [0.29, 0.717) is 0 Å². The fraction of sp³-hybridized carbons (Fsp3) is 0.459. The van der Waals surface area contributed by atoms with E-state index < -0.39 is 8.32 Å². The molecule has 1 aliphatic carbocycles. The molecule has 1 aromatic heterocycles. The number of nitrogens with zero attached hydrogens (tertiary/aromatic N) is 1. The minimum Gasteiger partial charge on any atom is -0.469 e. The number of aromatic nitrogens is 1. The van der Waals surface area contributed by atoms with Gasteiger partial charge in [0, 0.05) is 28.9 Å². The summed E-state index contributed by atoms with van der Waals surface area (Å²) in [5.41, 5.74) is 8.77.